The van der Waals surface area contributed by atoms with Crippen LogP contribution in [0.5, 0.6) is 11.5 Å². The normalized spacial score (nSPS) is 11.0. The van der Waals surface area contributed by atoms with Crippen molar-refractivity contribution in [3.05, 3.63) is 59.0 Å². The van der Waals surface area contributed by atoms with E-state index in [0.717, 1.165) is 43.9 Å². The lowest BCUT2D eigenvalue weighted by molar-refractivity contribution is 0.391. The van der Waals surface area contributed by atoms with Gasteiger partial charge >= 0.3 is 0 Å². The lowest BCUT2D eigenvalue weighted by Crippen LogP contribution is -2.05. The third-order valence-corrected chi connectivity index (χ3v) is 4.74. The highest BCUT2D eigenvalue weighted by Gasteiger charge is 2.11. The Morgan fingerprint density at radius 1 is 1.08 bits per heavy atom. The van der Waals surface area contributed by atoms with Crippen LogP contribution < -0.4 is 14.8 Å². The smallest absolute Gasteiger partial charge is 0.153 e. The van der Waals surface area contributed by atoms with Gasteiger partial charge in [-0.15, -0.1) is 0 Å². The first-order chi connectivity index (χ1) is 12.7. The highest BCUT2D eigenvalue weighted by Crippen LogP contribution is 2.27. The number of nitrogens with one attached hydrogen (secondary N) is 1. The van der Waals surface area contributed by atoms with Crippen molar-refractivity contribution < 1.29 is 9.47 Å². The number of ether oxygens (including phenoxy) is 2. The van der Waals surface area contributed by atoms with E-state index in [1.807, 2.05) is 47.0 Å². The number of halogens is 1. The van der Waals surface area contributed by atoms with E-state index in [1.54, 1.807) is 20.5 Å². The van der Waals surface area contributed by atoms with E-state index in [0.29, 0.717) is 6.54 Å². The molecule has 0 atom stereocenters. The molecule has 6 nitrogen and oxygen atoms in total. The first-order valence-corrected chi connectivity index (χ1v) is 8.85. The van der Waals surface area contributed by atoms with Gasteiger partial charge in [-0.2, -0.15) is 0 Å². The highest BCUT2D eigenvalue weighted by molar-refractivity contribution is 9.10. The summed E-state index contributed by atoms with van der Waals surface area (Å²) in [5.41, 5.74) is 3.83. The fourth-order valence-corrected chi connectivity index (χ4v) is 3.29. The van der Waals surface area contributed by atoms with Crippen LogP contribution in [0.3, 0.4) is 0 Å². The van der Waals surface area contributed by atoms with Gasteiger partial charge in [-0.3, -0.25) is 4.40 Å². The first-order valence-electron chi connectivity index (χ1n) is 8.05. The average molecular weight is 413 g/mol. The number of benzene rings is 2. The number of rotatable bonds is 5. The maximum absolute atomic E-state index is 5.47. The van der Waals surface area contributed by atoms with Gasteiger partial charge in [0, 0.05) is 22.6 Å². The van der Waals surface area contributed by atoms with Crippen LogP contribution in [-0.4, -0.2) is 28.6 Å². The molecule has 4 aromatic rings. The lowest BCUT2D eigenvalue weighted by Gasteiger charge is -2.13. The second kappa shape index (κ2) is 6.84. The highest BCUT2D eigenvalue weighted by atomic mass is 79.9. The number of imidazole rings is 1. The molecule has 0 aliphatic rings. The van der Waals surface area contributed by atoms with Crippen molar-refractivity contribution >= 4 is 38.3 Å². The predicted octanol–water partition coefficient (Wildman–Crippen LogP) is 4.27. The van der Waals surface area contributed by atoms with Gasteiger partial charge in [0.25, 0.3) is 0 Å². The summed E-state index contributed by atoms with van der Waals surface area (Å²) in [6.07, 6.45) is 3.61. The number of fused-ring (bicyclic) bond motifs is 3. The van der Waals surface area contributed by atoms with Crippen LogP contribution in [0, 0.1) is 0 Å². The number of nitrogens with zero attached hydrogens (tertiary/aromatic N) is 3. The van der Waals surface area contributed by atoms with Gasteiger partial charge in [-0.25, -0.2) is 9.97 Å². The molecule has 0 unspecified atom stereocenters. The maximum atomic E-state index is 5.47. The molecule has 26 heavy (non-hydrogen) atoms. The van der Waals surface area contributed by atoms with Crippen LogP contribution in [0.25, 0.3) is 16.6 Å². The molecule has 0 aliphatic heterocycles. The molecule has 0 fully saturated rings. The number of aromatic nitrogens is 3. The van der Waals surface area contributed by atoms with Crippen molar-refractivity contribution in [2.45, 2.75) is 6.54 Å². The van der Waals surface area contributed by atoms with Crippen molar-refractivity contribution in [1.29, 1.82) is 0 Å². The van der Waals surface area contributed by atoms with Gasteiger partial charge in [0.2, 0.25) is 0 Å². The molecular formula is C19H17BrN4O2. The molecule has 132 valence electrons. The van der Waals surface area contributed by atoms with Crippen LogP contribution in [0.2, 0.25) is 0 Å². The summed E-state index contributed by atoms with van der Waals surface area (Å²) in [6.45, 7) is 0.570. The molecule has 0 radical (unpaired) electrons. The molecule has 0 saturated heterocycles. The Hall–Kier alpha value is -2.80. The van der Waals surface area contributed by atoms with Gasteiger partial charge in [0.15, 0.2) is 5.82 Å². The summed E-state index contributed by atoms with van der Waals surface area (Å²) in [5.74, 6) is 2.30. The molecule has 0 saturated carbocycles. The largest absolute Gasteiger partial charge is 0.497 e. The molecule has 4 rings (SSSR count). The van der Waals surface area contributed by atoms with Crippen LogP contribution in [0.15, 0.2) is 53.4 Å². The number of methoxy groups -OCH3 is 2. The van der Waals surface area contributed by atoms with Crippen LogP contribution in [0.4, 0.5) is 5.82 Å². The first kappa shape index (κ1) is 16.7. The van der Waals surface area contributed by atoms with Crippen LogP contribution >= 0.6 is 15.9 Å². The topological polar surface area (TPSA) is 60.7 Å². The predicted molar refractivity (Wildman–Crippen MR) is 105 cm³/mol. The second-order valence-electron chi connectivity index (χ2n) is 5.77. The Bertz CT molecular complexity index is 1090. The molecule has 0 spiro atoms. The summed E-state index contributed by atoms with van der Waals surface area (Å²) >= 11 is 3.51. The zero-order valence-electron chi connectivity index (χ0n) is 14.4. The zero-order valence-corrected chi connectivity index (χ0v) is 15.9. The average Bonchev–Trinajstić information content (AvgIpc) is 3.15. The van der Waals surface area contributed by atoms with Crippen molar-refractivity contribution in [2.75, 3.05) is 19.5 Å². The summed E-state index contributed by atoms with van der Waals surface area (Å²) in [5, 5.41) is 3.41. The van der Waals surface area contributed by atoms with Crippen molar-refractivity contribution in [1.82, 2.24) is 14.4 Å². The van der Waals surface area contributed by atoms with E-state index in [9.17, 15) is 0 Å². The van der Waals surface area contributed by atoms with E-state index in [4.69, 9.17) is 14.5 Å². The van der Waals surface area contributed by atoms with E-state index >= 15 is 0 Å². The molecule has 0 amide bonds. The van der Waals surface area contributed by atoms with E-state index < -0.39 is 0 Å². The second-order valence-corrected chi connectivity index (χ2v) is 6.69. The maximum Gasteiger partial charge on any atom is 0.153 e. The van der Waals surface area contributed by atoms with Gasteiger partial charge in [0.05, 0.1) is 37.8 Å². The fraction of sp³-hybridized carbons (Fsp3) is 0.158. The Balaban J connectivity index is 1.72. The monoisotopic (exact) mass is 412 g/mol. The van der Waals surface area contributed by atoms with E-state index in [1.165, 1.54) is 0 Å². The van der Waals surface area contributed by atoms with E-state index in [-0.39, 0.29) is 0 Å². The van der Waals surface area contributed by atoms with Crippen molar-refractivity contribution in [3.63, 3.8) is 0 Å². The summed E-state index contributed by atoms with van der Waals surface area (Å²) < 4.78 is 13.7. The van der Waals surface area contributed by atoms with Crippen LogP contribution in [0.1, 0.15) is 5.56 Å². The molecule has 0 aliphatic carbocycles. The van der Waals surface area contributed by atoms with Gasteiger partial charge in [-0.1, -0.05) is 15.9 Å². The van der Waals surface area contributed by atoms with Gasteiger partial charge in [0.1, 0.15) is 17.0 Å². The molecule has 2 aromatic carbocycles. The Morgan fingerprint density at radius 2 is 1.96 bits per heavy atom. The quantitative estimate of drug-likeness (QED) is 0.530. The Kier molecular flexibility index (Phi) is 4.38. The third-order valence-electron chi connectivity index (χ3n) is 4.25. The standard InChI is InChI=1S/C19H17BrN4O2/c1-25-14-5-3-12(18(8-14)26-2)9-22-19-17-10-21-11-24(17)16-6-4-13(20)7-15(16)23-19/h3-8,10-11H,9H2,1-2H3,(H,22,23). The summed E-state index contributed by atoms with van der Waals surface area (Å²) in [7, 11) is 3.29. The van der Waals surface area contributed by atoms with E-state index in [2.05, 4.69) is 26.2 Å². The van der Waals surface area contributed by atoms with Crippen LogP contribution in [-0.2, 0) is 6.54 Å². The number of hydrogen-bond donors (Lipinski definition) is 1. The SMILES string of the molecule is COc1ccc(CNc2nc3cc(Br)ccc3n3cncc23)c(OC)c1. The third kappa shape index (κ3) is 2.94. The minimum Gasteiger partial charge on any atom is -0.497 e. The molecular weight excluding hydrogens is 396 g/mol. The number of anilines is 1. The molecule has 1 N–H and O–H groups in total. The minimum absolute atomic E-state index is 0.570. The molecule has 2 aromatic heterocycles. The number of hydrogen-bond acceptors (Lipinski definition) is 5. The minimum atomic E-state index is 0.570. The van der Waals surface area contributed by atoms with Gasteiger partial charge < -0.3 is 14.8 Å². The summed E-state index contributed by atoms with van der Waals surface area (Å²) in [6, 6.07) is 11.8. The zero-order chi connectivity index (χ0) is 18.1. The molecule has 0 bridgehead atoms. The summed E-state index contributed by atoms with van der Waals surface area (Å²) in [4.78, 5) is 9.05. The van der Waals surface area contributed by atoms with Crippen molar-refractivity contribution in [3.8, 4) is 11.5 Å². The van der Waals surface area contributed by atoms with Crippen molar-refractivity contribution in [2.24, 2.45) is 0 Å². The molecule has 2 heterocycles. The lowest BCUT2D eigenvalue weighted by atomic mass is 10.2. The molecule has 7 heteroatoms. The Morgan fingerprint density at radius 3 is 2.77 bits per heavy atom. The fourth-order valence-electron chi connectivity index (χ4n) is 2.94. The van der Waals surface area contributed by atoms with Gasteiger partial charge in [-0.05, 0) is 30.3 Å². The Labute approximate surface area is 158 Å².